The summed E-state index contributed by atoms with van der Waals surface area (Å²) in [5.74, 6) is 2.31. The van der Waals surface area contributed by atoms with E-state index in [2.05, 4.69) is 39.8 Å². The number of nitrogens with zero attached hydrogens (tertiary/aromatic N) is 3. The van der Waals surface area contributed by atoms with Gasteiger partial charge in [0.25, 0.3) is 0 Å². The maximum Gasteiger partial charge on any atom is 0.191 e. The molecule has 0 unspecified atom stereocenters. The van der Waals surface area contributed by atoms with Crippen LogP contribution in [0, 0.1) is 0 Å². The van der Waals surface area contributed by atoms with E-state index < -0.39 is 0 Å². The molecule has 2 aromatic heterocycles. The van der Waals surface area contributed by atoms with E-state index in [9.17, 15) is 0 Å². The first-order valence-electron chi connectivity index (χ1n) is 9.89. The van der Waals surface area contributed by atoms with Gasteiger partial charge in [0.1, 0.15) is 5.65 Å². The molecule has 3 aromatic rings. The fraction of sp³-hybridized carbons (Fsp3) is 0.364. The third kappa shape index (κ3) is 5.63. The van der Waals surface area contributed by atoms with E-state index >= 15 is 0 Å². The molecule has 0 saturated carbocycles. The highest BCUT2D eigenvalue weighted by Gasteiger charge is 2.05. The average Bonchev–Trinajstić information content (AvgIpc) is 3.16. The number of hydrogen-bond donors (Lipinski definition) is 2. The van der Waals surface area contributed by atoms with Crippen LogP contribution in [-0.4, -0.2) is 49.2 Å². The van der Waals surface area contributed by atoms with Gasteiger partial charge < -0.3 is 24.5 Å². The maximum atomic E-state index is 5.37. The Morgan fingerprint density at radius 2 is 1.93 bits per heavy atom. The zero-order valence-electron chi connectivity index (χ0n) is 17.3. The van der Waals surface area contributed by atoms with E-state index in [1.807, 2.05) is 40.9 Å². The minimum Gasteiger partial charge on any atom is -0.493 e. The van der Waals surface area contributed by atoms with Crippen LogP contribution in [0.15, 0.2) is 53.8 Å². The van der Waals surface area contributed by atoms with Crippen molar-refractivity contribution in [3.05, 3.63) is 60.0 Å². The highest BCUT2D eigenvalue weighted by atomic mass is 16.5. The van der Waals surface area contributed by atoms with Gasteiger partial charge in [-0.1, -0.05) is 12.1 Å². The molecule has 0 atom stereocenters. The molecule has 0 saturated heterocycles. The summed E-state index contributed by atoms with van der Waals surface area (Å²) < 4.78 is 12.7. The van der Waals surface area contributed by atoms with Gasteiger partial charge in [0.05, 0.1) is 19.9 Å². The summed E-state index contributed by atoms with van der Waals surface area (Å²) in [5, 5.41) is 6.68. The van der Waals surface area contributed by atoms with E-state index in [1.54, 1.807) is 14.2 Å². The second-order valence-corrected chi connectivity index (χ2v) is 6.58. The second-order valence-electron chi connectivity index (χ2n) is 6.58. The Morgan fingerprint density at radius 1 is 1.07 bits per heavy atom. The van der Waals surface area contributed by atoms with Crippen molar-refractivity contribution in [2.45, 2.75) is 19.8 Å². The molecule has 0 amide bonds. The van der Waals surface area contributed by atoms with Crippen molar-refractivity contribution >= 4 is 11.6 Å². The Balaban J connectivity index is 1.52. The fourth-order valence-corrected chi connectivity index (χ4v) is 3.09. The average molecular weight is 396 g/mol. The van der Waals surface area contributed by atoms with Crippen molar-refractivity contribution in [3.8, 4) is 11.5 Å². The number of ether oxygens (including phenoxy) is 2. The first-order valence-corrected chi connectivity index (χ1v) is 9.89. The van der Waals surface area contributed by atoms with Crippen molar-refractivity contribution in [2.24, 2.45) is 4.99 Å². The molecule has 0 aliphatic heterocycles. The third-order valence-electron chi connectivity index (χ3n) is 4.55. The topological polar surface area (TPSA) is 72.2 Å². The van der Waals surface area contributed by atoms with E-state index in [0.29, 0.717) is 6.54 Å². The lowest BCUT2D eigenvalue weighted by Gasteiger charge is -2.12. The van der Waals surface area contributed by atoms with Gasteiger partial charge in [0.15, 0.2) is 17.5 Å². The highest BCUT2D eigenvalue weighted by Crippen LogP contribution is 2.27. The standard InChI is InChI=1S/C22H29N5O2/c1-4-23-22(24-12-10-17-8-9-19(28-2)20(15-17)29-3)25-13-11-18-16-27-14-6-5-7-21(27)26-18/h5-9,14-16H,4,10-13H2,1-3H3,(H2,23,24,25). The van der Waals surface area contributed by atoms with Gasteiger partial charge >= 0.3 is 0 Å². The fourth-order valence-electron chi connectivity index (χ4n) is 3.09. The van der Waals surface area contributed by atoms with E-state index in [-0.39, 0.29) is 0 Å². The number of guanidine groups is 1. The van der Waals surface area contributed by atoms with Crippen LogP contribution < -0.4 is 20.1 Å². The van der Waals surface area contributed by atoms with Crippen LogP contribution in [0.1, 0.15) is 18.2 Å². The second kappa shape index (κ2) is 10.4. The molecular weight excluding hydrogens is 366 g/mol. The van der Waals surface area contributed by atoms with Gasteiger partial charge in [-0.15, -0.1) is 0 Å². The van der Waals surface area contributed by atoms with Crippen LogP contribution in [0.3, 0.4) is 0 Å². The van der Waals surface area contributed by atoms with E-state index in [1.165, 1.54) is 5.56 Å². The lowest BCUT2D eigenvalue weighted by Crippen LogP contribution is -2.38. The molecule has 0 aliphatic rings. The molecule has 29 heavy (non-hydrogen) atoms. The van der Waals surface area contributed by atoms with Crippen LogP contribution >= 0.6 is 0 Å². The Hall–Kier alpha value is -3.22. The summed E-state index contributed by atoms with van der Waals surface area (Å²) in [4.78, 5) is 9.29. The van der Waals surface area contributed by atoms with Gasteiger partial charge in [0.2, 0.25) is 0 Å². The van der Waals surface area contributed by atoms with Crippen LogP contribution in [0.25, 0.3) is 5.65 Å². The number of pyridine rings is 1. The quantitative estimate of drug-likeness (QED) is 0.431. The largest absolute Gasteiger partial charge is 0.493 e. The summed E-state index contributed by atoms with van der Waals surface area (Å²) in [5.41, 5.74) is 3.18. The molecule has 1 aromatic carbocycles. The van der Waals surface area contributed by atoms with E-state index in [4.69, 9.17) is 9.47 Å². The molecule has 7 nitrogen and oxygen atoms in total. The molecule has 2 heterocycles. The predicted molar refractivity (Wildman–Crippen MR) is 116 cm³/mol. The number of aromatic nitrogens is 2. The zero-order chi connectivity index (χ0) is 20.5. The Labute approximate surface area is 171 Å². The molecular formula is C22H29N5O2. The molecule has 0 fully saturated rings. The van der Waals surface area contributed by atoms with Crippen LogP contribution in [-0.2, 0) is 12.8 Å². The molecule has 7 heteroatoms. The van der Waals surface area contributed by atoms with Crippen LogP contribution in [0.4, 0.5) is 0 Å². The minimum absolute atomic E-state index is 0.676. The molecule has 0 aliphatic carbocycles. The summed E-state index contributed by atoms with van der Waals surface area (Å²) in [6.07, 6.45) is 5.72. The molecule has 3 rings (SSSR count). The number of benzene rings is 1. The minimum atomic E-state index is 0.676. The first kappa shape index (κ1) is 20.5. The zero-order valence-corrected chi connectivity index (χ0v) is 17.3. The number of nitrogens with one attached hydrogen (secondary N) is 2. The Morgan fingerprint density at radius 3 is 2.69 bits per heavy atom. The SMILES string of the molecule is CCNC(=NCCc1cn2ccccc2n1)NCCc1ccc(OC)c(OC)c1. The molecule has 154 valence electrons. The molecule has 0 spiro atoms. The molecule has 2 N–H and O–H groups in total. The van der Waals surface area contributed by atoms with Gasteiger partial charge in [-0.2, -0.15) is 0 Å². The number of rotatable bonds is 9. The van der Waals surface area contributed by atoms with Crippen molar-refractivity contribution in [3.63, 3.8) is 0 Å². The molecule has 0 bridgehead atoms. The third-order valence-corrected chi connectivity index (χ3v) is 4.55. The normalized spacial score (nSPS) is 11.5. The summed E-state index contributed by atoms with van der Waals surface area (Å²) >= 11 is 0. The Bertz CT molecular complexity index is 918. The van der Waals surface area contributed by atoms with Crippen LogP contribution in [0.5, 0.6) is 11.5 Å². The summed E-state index contributed by atoms with van der Waals surface area (Å²) in [6, 6.07) is 12.0. The van der Waals surface area contributed by atoms with Crippen molar-refractivity contribution in [2.75, 3.05) is 33.9 Å². The van der Waals surface area contributed by atoms with Gasteiger partial charge in [-0.25, -0.2) is 4.98 Å². The predicted octanol–water partition coefficient (Wildman–Crippen LogP) is 2.69. The maximum absolute atomic E-state index is 5.37. The highest BCUT2D eigenvalue weighted by molar-refractivity contribution is 5.79. The lowest BCUT2D eigenvalue weighted by molar-refractivity contribution is 0.354. The first-order chi connectivity index (χ1) is 14.2. The number of fused-ring (bicyclic) bond motifs is 1. The monoisotopic (exact) mass is 395 g/mol. The van der Waals surface area contributed by atoms with Gasteiger partial charge in [-0.3, -0.25) is 4.99 Å². The van der Waals surface area contributed by atoms with Crippen molar-refractivity contribution in [1.82, 2.24) is 20.0 Å². The summed E-state index contributed by atoms with van der Waals surface area (Å²) in [6.45, 7) is 4.33. The number of methoxy groups -OCH3 is 2. The number of aliphatic imine (C=N–C) groups is 1. The van der Waals surface area contributed by atoms with E-state index in [0.717, 1.165) is 54.7 Å². The van der Waals surface area contributed by atoms with Crippen LogP contribution in [0.2, 0.25) is 0 Å². The van der Waals surface area contributed by atoms with Gasteiger partial charge in [0, 0.05) is 38.4 Å². The molecule has 0 radical (unpaired) electrons. The van der Waals surface area contributed by atoms with Crippen molar-refractivity contribution in [1.29, 1.82) is 0 Å². The number of imidazole rings is 1. The Kier molecular flexibility index (Phi) is 7.33. The summed E-state index contributed by atoms with van der Waals surface area (Å²) in [7, 11) is 3.30. The lowest BCUT2D eigenvalue weighted by atomic mass is 10.1. The van der Waals surface area contributed by atoms with Crippen molar-refractivity contribution < 1.29 is 9.47 Å². The smallest absolute Gasteiger partial charge is 0.191 e. The van der Waals surface area contributed by atoms with Gasteiger partial charge in [-0.05, 0) is 43.2 Å². The number of hydrogen-bond acceptors (Lipinski definition) is 4.